The fourth-order valence-corrected chi connectivity index (χ4v) is 9.47. The van der Waals surface area contributed by atoms with Crippen LogP contribution in [0, 0.1) is 0 Å². The molecule has 2 aromatic carbocycles. The van der Waals surface area contributed by atoms with Gasteiger partial charge in [0.1, 0.15) is 43.1 Å². The molecule has 0 bridgehead atoms. The number of nitrogens with one attached hydrogen (secondary N) is 5. The van der Waals surface area contributed by atoms with Crippen LogP contribution in [-0.2, 0) is 66.7 Å². The summed E-state index contributed by atoms with van der Waals surface area (Å²) < 4.78 is 38.1. The minimum absolute atomic E-state index is 0.0210. The fraction of sp³-hybridized carbons (Fsp3) is 0.688. The van der Waals surface area contributed by atoms with Crippen molar-refractivity contribution in [3.05, 3.63) is 59.7 Å². The van der Waals surface area contributed by atoms with Gasteiger partial charge in [0.25, 0.3) is 0 Å². The van der Waals surface area contributed by atoms with Gasteiger partial charge in [0, 0.05) is 44.8 Å². The highest BCUT2D eigenvalue weighted by Gasteiger charge is 2.31. The van der Waals surface area contributed by atoms with E-state index in [1.807, 2.05) is 69.3 Å². The molecule has 85 heavy (non-hydrogen) atoms. The van der Waals surface area contributed by atoms with E-state index < -0.39 is 47.2 Å². The van der Waals surface area contributed by atoms with Crippen molar-refractivity contribution < 1.29 is 76.6 Å². The summed E-state index contributed by atoms with van der Waals surface area (Å²) in [6.07, 6.45) is 17.2. The highest BCUT2D eigenvalue weighted by Crippen LogP contribution is 2.44. The van der Waals surface area contributed by atoms with E-state index in [2.05, 4.69) is 26.6 Å². The molecule has 3 rings (SSSR count). The molecule has 2 atom stereocenters. The fourth-order valence-electron chi connectivity index (χ4n) is 9.47. The maximum atomic E-state index is 13.0. The van der Waals surface area contributed by atoms with Crippen LogP contribution in [0.15, 0.2) is 48.5 Å². The van der Waals surface area contributed by atoms with E-state index in [-0.39, 0.29) is 115 Å². The first-order valence-corrected chi connectivity index (χ1v) is 30.9. The molecule has 6 N–H and O–H groups in total. The molecule has 0 spiro atoms. The molecule has 21 heteroatoms. The van der Waals surface area contributed by atoms with Gasteiger partial charge in [-0.25, -0.2) is 14.4 Å². The maximum absolute atomic E-state index is 13.0. The quantitative estimate of drug-likeness (QED) is 0.0205. The lowest BCUT2D eigenvalue weighted by molar-refractivity contribution is -0.159. The van der Waals surface area contributed by atoms with Crippen LogP contribution in [0.5, 0.6) is 0 Å². The van der Waals surface area contributed by atoms with Crippen molar-refractivity contribution in [2.24, 2.45) is 0 Å². The van der Waals surface area contributed by atoms with Gasteiger partial charge in [-0.2, -0.15) is 0 Å². The first kappa shape index (κ1) is 73.1. The molecule has 0 aromatic heterocycles. The van der Waals surface area contributed by atoms with Gasteiger partial charge in [-0.1, -0.05) is 126 Å². The molecule has 5 amide bonds. The molecule has 0 fully saturated rings. The van der Waals surface area contributed by atoms with Gasteiger partial charge in [0.05, 0.1) is 39.6 Å². The monoisotopic (exact) mass is 1200 g/mol. The number of unbranched alkanes of at least 4 members (excludes halogenated alkanes) is 14. The summed E-state index contributed by atoms with van der Waals surface area (Å²) >= 11 is 0. The van der Waals surface area contributed by atoms with Gasteiger partial charge < -0.3 is 64.8 Å². The third-order valence-electron chi connectivity index (χ3n) is 13.7. The summed E-state index contributed by atoms with van der Waals surface area (Å²) in [5.41, 5.74) is 2.96. The Morgan fingerprint density at radius 1 is 0.459 bits per heavy atom. The molecule has 2 aromatic rings. The second-order valence-corrected chi connectivity index (χ2v) is 23.5. The summed E-state index contributed by atoms with van der Waals surface area (Å²) in [6, 6.07) is 13.5. The number of ether oxygens (including phenoxy) is 7. The average molecular weight is 1200 g/mol. The summed E-state index contributed by atoms with van der Waals surface area (Å²) in [5, 5.41) is 23.1. The lowest BCUT2D eigenvalue weighted by atomic mass is 9.98. The number of esters is 2. The Morgan fingerprint density at radius 2 is 0.918 bits per heavy atom. The largest absolute Gasteiger partial charge is 0.480 e. The molecule has 21 nitrogen and oxygen atoms in total. The van der Waals surface area contributed by atoms with Gasteiger partial charge in [0.15, 0.2) is 0 Å². The van der Waals surface area contributed by atoms with Gasteiger partial charge in [0.2, 0.25) is 23.6 Å². The zero-order valence-corrected chi connectivity index (χ0v) is 51.8. The third kappa shape index (κ3) is 35.2. The number of carboxylic acid groups (broad SMARTS) is 1. The average Bonchev–Trinajstić information content (AvgIpc) is 1.94. The van der Waals surface area contributed by atoms with E-state index in [4.69, 9.17) is 33.2 Å². The molecule has 1 aliphatic rings. The van der Waals surface area contributed by atoms with Gasteiger partial charge in [-0.15, -0.1) is 0 Å². The molecular weight excluding hydrogens is 1090 g/mol. The Morgan fingerprint density at radius 3 is 1.45 bits per heavy atom. The second kappa shape index (κ2) is 42.6. The van der Waals surface area contributed by atoms with Crippen LogP contribution in [0.2, 0.25) is 0 Å². The number of amides is 5. The van der Waals surface area contributed by atoms with E-state index in [0.29, 0.717) is 38.8 Å². The SMILES string of the molecule is CC(C)(C)OC(=O)CCCCCCCCCCCCCCCCC(=O)NCCOCCOCC(=O)NCCOCCOCC(=O)NC(CCC(=O)NCCCCC(NC(=O)OCC1c2ccccc2-c2ccccc21)C(=O)O)C(=O)OC(C)(C)C. The van der Waals surface area contributed by atoms with E-state index in [9.17, 15) is 43.5 Å². The van der Waals surface area contributed by atoms with Crippen LogP contribution < -0.4 is 26.6 Å². The number of rotatable bonds is 47. The molecule has 2 unspecified atom stereocenters. The Kier molecular flexibility index (Phi) is 36.7. The standard InChI is InChI=1S/C64H101N5O16/c1-63(2,3)84-59(74)33-20-18-16-14-12-10-8-7-9-11-13-15-17-19-32-55(70)66-37-39-79-41-43-81-46-57(72)67-38-40-80-42-44-82-47-58(73)68-54(61(77)85-64(4,5)6)34-35-56(71)65-36-26-25-31-53(60(75)76)69-62(78)83-45-52-50-29-23-21-27-48(50)49-28-22-24-30-51(49)52/h21-24,27-30,52-54H,7-20,25-26,31-47H2,1-6H3,(H,65,71)(H,66,70)(H,67,72)(H,68,73)(H,69,78)(H,75,76). The number of carbonyl (C=O) groups excluding carboxylic acids is 7. The van der Waals surface area contributed by atoms with Gasteiger partial charge >= 0.3 is 24.0 Å². The van der Waals surface area contributed by atoms with E-state index >= 15 is 0 Å². The number of aliphatic carboxylic acids is 1. The van der Waals surface area contributed by atoms with Gasteiger partial charge in [-0.05, 0) is 102 Å². The zero-order chi connectivity index (χ0) is 62.1. The first-order valence-electron chi connectivity index (χ1n) is 30.9. The Bertz CT molecular complexity index is 2260. The van der Waals surface area contributed by atoms with Crippen LogP contribution in [0.3, 0.4) is 0 Å². The lowest BCUT2D eigenvalue weighted by Gasteiger charge is -2.24. The van der Waals surface area contributed by atoms with Crippen LogP contribution in [-0.4, -0.2) is 155 Å². The van der Waals surface area contributed by atoms with Crippen LogP contribution in [0.1, 0.15) is 193 Å². The van der Waals surface area contributed by atoms with Crippen LogP contribution in [0.4, 0.5) is 4.79 Å². The number of carbonyl (C=O) groups is 8. The highest BCUT2D eigenvalue weighted by atomic mass is 16.6. The van der Waals surface area contributed by atoms with Crippen molar-refractivity contribution in [2.75, 3.05) is 79.1 Å². The molecule has 0 saturated carbocycles. The zero-order valence-electron chi connectivity index (χ0n) is 51.8. The topological polar surface area (TPSA) is 282 Å². The predicted molar refractivity (Wildman–Crippen MR) is 323 cm³/mol. The minimum atomic E-state index is -1.21. The number of carboxylic acids is 1. The molecule has 478 valence electrons. The normalized spacial score (nSPS) is 12.7. The molecule has 1 aliphatic carbocycles. The first-order chi connectivity index (χ1) is 40.7. The summed E-state index contributed by atoms with van der Waals surface area (Å²) in [5.74, 6) is -3.49. The number of benzene rings is 2. The molecule has 0 aliphatic heterocycles. The van der Waals surface area contributed by atoms with Crippen LogP contribution in [0.25, 0.3) is 11.1 Å². The Labute approximate surface area is 504 Å². The van der Waals surface area contributed by atoms with Crippen LogP contribution >= 0.6 is 0 Å². The number of hydrogen-bond acceptors (Lipinski definition) is 15. The Hall–Kier alpha value is -6.16. The molecular formula is C64H101N5O16. The smallest absolute Gasteiger partial charge is 0.407 e. The molecule has 0 saturated heterocycles. The van der Waals surface area contributed by atoms with E-state index in [1.165, 1.54) is 57.8 Å². The van der Waals surface area contributed by atoms with Crippen molar-refractivity contribution in [3.8, 4) is 11.1 Å². The number of hydrogen-bond donors (Lipinski definition) is 6. The highest BCUT2D eigenvalue weighted by molar-refractivity contribution is 5.86. The van der Waals surface area contributed by atoms with Gasteiger partial charge in [-0.3, -0.25) is 24.0 Å². The van der Waals surface area contributed by atoms with Crippen molar-refractivity contribution >= 4 is 47.6 Å². The van der Waals surface area contributed by atoms with E-state index in [1.54, 1.807) is 20.8 Å². The van der Waals surface area contributed by atoms with Crippen molar-refractivity contribution in [1.82, 2.24) is 26.6 Å². The van der Waals surface area contributed by atoms with Crippen molar-refractivity contribution in [1.29, 1.82) is 0 Å². The van der Waals surface area contributed by atoms with Crippen molar-refractivity contribution in [2.45, 2.75) is 206 Å². The van der Waals surface area contributed by atoms with E-state index in [0.717, 1.165) is 54.4 Å². The summed E-state index contributed by atoms with van der Waals surface area (Å²) in [4.78, 5) is 99.3. The second-order valence-electron chi connectivity index (χ2n) is 23.5. The Balaban J connectivity index is 1.11. The molecule has 0 heterocycles. The third-order valence-corrected chi connectivity index (χ3v) is 13.7. The summed E-state index contributed by atoms with van der Waals surface area (Å²) in [6.45, 7) is 12.3. The summed E-state index contributed by atoms with van der Waals surface area (Å²) in [7, 11) is 0. The number of fused-ring (bicyclic) bond motifs is 3. The minimum Gasteiger partial charge on any atom is -0.480 e. The maximum Gasteiger partial charge on any atom is 0.407 e. The predicted octanol–water partition coefficient (Wildman–Crippen LogP) is 8.75. The molecule has 0 radical (unpaired) electrons. The number of alkyl carbamates (subject to hydrolysis) is 1. The van der Waals surface area contributed by atoms with Crippen molar-refractivity contribution in [3.63, 3.8) is 0 Å². The lowest BCUT2D eigenvalue weighted by Crippen LogP contribution is -2.46.